The van der Waals surface area contributed by atoms with E-state index in [0.29, 0.717) is 0 Å². The lowest BCUT2D eigenvalue weighted by Crippen LogP contribution is -2.26. The number of nitrogens with zero attached hydrogens (tertiary/aromatic N) is 1. The number of benzene rings is 1. The van der Waals surface area contributed by atoms with Crippen molar-refractivity contribution in [3.8, 4) is 0 Å². The van der Waals surface area contributed by atoms with Crippen LogP contribution >= 0.6 is 11.3 Å². The standard InChI is InChI=1S/C13H12N2O3S/c1-9(12-6-3-7-19-12)14-13(16)10-4-2-5-11(8-10)15(17)18/h2-9H,1H3,(H,14,16)/t9-/m0/s1. The highest BCUT2D eigenvalue weighted by atomic mass is 32.1. The summed E-state index contributed by atoms with van der Waals surface area (Å²) in [7, 11) is 0. The molecule has 19 heavy (non-hydrogen) atoms. The molecule has 1 amide bonds. The van der Waals surface area contributed by atoms with Crippen molar-refractivity contribution in [1.29, 1.82) is 0 Å². The summed E-state index contributed by atoms with van der Waals surface area (Å²) in [5, 5.41) is 15.4. The van der Waals surface area contributed by atoms with Crippen LogP contribution in [0.1, 0.15) is 28.2 Å². The first-order valence-electron chi connectivity index (χ1n) is 5.66. The number of hydrogen-bond acceptors (Lipinski definition) is 4. The van der Waals surface area contributed by atoms with E-state index in [4.69, 9.17) is 0 Å². The number of nitro benzene ring substituents is 1. The van der Waals surface area contributed by atoms with Crippen molar-refractivity contribution in [1.82, 2.24) is 5.32 Å². The molecule has 1 aromatic heterocycles. The first-order valence-corrected chi connectivity index (χ1v) is 6.54. The fourth-order valence-corrected chi connectivity index (χ4v) is 2.38. The average molecular weight is 276 g/mol. The van der Waals surface area contributed by atoms with Gasteiger partial charge in [0, 0.05) is 22.6 Å². The second-order valence-corrected chi connectivity index (χ2v) is 5.00. The Morgan fingerprint density at radius 3 is 2.79 bits per heavy atom. The molecule has 0 bridgehead atoms. The van der Waals surface area contributed by atoms with E-state index in [2.05, 4.69) is 5.32 Å². The van der Waals surface area contributed by atoms with Crippen LogP contribution in [0.2, 0.25) is 0 Å². The summed E-state index contributed by atoms with van der Waals surface area (Å²) in [4.78, 5) is 23.2. The summed E-state index contributed by atoms with van der Waals surface area (Å²) in [5.74, 6) is -0.315. The number of thiophene rings is 1. The van der Waals surface area contributed by atoms with Crippen molar-refractivity contribution in [3.05, 3.63) is 62.3 Å². The third kappa shape index (κ3) is 3.17. The molecule has 1 heterocycles. The lowest BCUT2D eigenvalue weighted by molar-refractivity contribution is -0.384. The minimum atomic E-state index is -0.514. The van der Waals surface area contributed by atoms with Crippen molar-refractivity contribution in [2.45, 2.75) is 13.0 Å². The molecule has 2 aromatic rings. The van der Waals surface area contributed by atoms with E-state index in [1.54, 1.807) is 17.4 Å². The molecule has 1 N–H and O–H groups in total. The fraction of sp³-hybridized carbons (Fsp3) is 0.154. The molecule has 0 radical (unpaired) electrons. The van der Waals surface area contributed by atoms with Crippen molar-refractivity contribution in [2.75, 3.05) is 0 Å². The molecule has 0 fully saturated rings. The Morgan fingerprint density at radius 1 is 1.37 bits per heavy atom. The maximum Gasteiger partial charge on any atom is 0.270 e. The number of amides is 1. The van der Waals surface area contributed by atoms with Crippen LogP contribution in [0, 0.1) is 10.1 Å². The van der Waals surface area contributed by atoms with E-state index in [-0.39, 0.29) is 23.2 Å². The highest BCUT2D eigenvalue weighted by molar-refractivity contribution is 7.10. The van der Waals surface area contributed by atoms with Gasteiger partial charge in [0.1, 0.15) is 0 Å². The zero-order valence-electron chi connectivity index (χ0n) is 10.2. The predicted octanol–water partition coefficient (Wildman–Crippen LogP) is 3.15. The summed E-state index contributed by atoms with van der Waals surface area (Å²) < 4.78 is 0. The van der Waals surface area contributed by atoms with Crippen LogP contribution in [0.3, 0.4) is 0 Å². The summed E-state index contributed by atoms with van der Waals surface area (Å²) >= 11 is 1.55. The molecule has 0 spiro atoms. The molecular weight excluding hydrogens is 264 g/mol. The van der Waals surface area contributed by atoms with Crippen molar-refractivity contribution in [3.63, 3.8) is 0 Å². The summed E-state index contributed by atoms with van der Waals surface area (Å²) in [6.45, 7) is 1.88. The van der Waals surface area contributed by atoms with Gasteiger partial charge in [-0.05, 0) is 24.4 Å². The zero-order chi connectivity index (χ0) is 13.8. The van der Waals surface area contributed by atoms with E-state index in [9.17, 15) is 14.9 Å². The number of hydrogen-bond donors (Lipinski definition) is 1. The minimum Gasteiger partial charge on any atom is -0.345 e. The SMILES string of the molecule is C[C@H](NC(=O)c1cccc([N+](=O)[O-])c1)c1cccs1. The third-order valence-electron chi connectivity index (χ3n) is 2.64. The maximum absolute atomic E-state index is 12.0. The average Bonchev–Trinajstić information content (AvgIpc) is 2.92. The van der Waals surface area contributed by atoms with Gasteiger partial charge in [-0.1, -0.05) is 12.1 Å². The number of nitro groups is 1. The lowest BCUT2D eigenvalue weighted by Gasteiger charge is -2.12. The van der Waals surface area contributed by atoms with Crippen LogP contribution < -0.4 is 5.32 Å². The number of nitrogens with one attached hydrogen (secondary N) is 1. The molecule has 0 aliphatic carbocycles. The van der Waals surface area contributed by atoms with Gasteiger partial charge in [0.05, 0.1) is 11.0 Å². The van der Waals surface area contributed by atoms with E-state index in [0.717, 1.165) is 4.88 Å². The molecule has 0 aliphatic rings. The van der Waals surface area contributed by atoms with Crippen molar-refractivity contribution < 1.29 is 9.72 Å². The Balaban J connectivity index is 2.12. The lowest BCUT2D eigenvalue weighted by atomic mass is 10.1. The molecule has 6 heteroatoms. The Kier molecular flexibility index (Phi) is 3.91. The topological polar surface area (TPSA) is 72.2 Å². The molecule has 0 saturated carbocycles. The van der Waals surface area contributed by atoms with Crippen LogP contribution in [0.4, 0.5) is 5.69 Å². The van der Waals surface area contributed by atoms with Gasteiger partial charge in [-0.15, -0.1) is 11.3 Å². The Morgan fingerprint density at radius 2 is 2.16 bits per heavy atom. The normalized spacial score (nSPS) is 11.8. The van der Waals surface area contributed by atoms with Gasteiger partial charge in [0.2, 0.25) is 0 Å². The summed E-state index contributed by atoms with van der Waals surface area (Å²) in [6, 6.07) is 9.42. The van der Waals surface area contributed by atoms with Crippen LogP contribution in [0.25, 0.3) is 0 Å². The molecule has 1 atom stereocenters. The number of carbonyl (C=O) groups excluding carboxylic acids is 1. The quantitative estimate of drug-likeness (QED) is 0.688. The molecule has 0 saturated heterocycles. The zero-order valence-corrected chi connectivity index (χ0v) is 11.0. The highest BCUT2D eigenvalue weighted by Crippen LogP contribution is 2.19. The predicted molar refractivity (Wildman–Crippen MR) is 73.3 cm³/mol. The van der Waals surface area contributed by atoms with E-state index in [1.807, 2.05) is 24.4 Å². The molecular formula is C13H12N2O3S. The second kappa shape index (κ2) is 5.62. The van der Waals surface area contributed by atoms with E-state index < -0.39 is 4.92 Å². The van der Waals surface area contributed by atoms with E-state index >= 15 is 0 Å². The molecule has 1 aromatic carbocycles. The van der Waals surface area contributed by atoms with E-state index in [1.165, 1.54) is 18.2 Å². The van der Waals surface area contributed by atoms with Gasteiger partial charge < -0.3 is 5.32 Å². The van der Waals surface area contributed by atoms with Crippen LogP contribution in [0.5, 0.6) is 0 Å². The van der Waals surface area contributed by atoms with Crippen LogP contribution in [-0.4, -0.2) is 10.8 Å². The molecule has 5 nitrogen and oxygen atoms in total. The van der Waals surface area contributed by atoms with Gasteiger partial charge >= 0.3 is 0 Å². The van der Waals surface area contributed by atoms with Crippen LogP contribution in [-0.2, 0) is 0 Å². The Hall–Kier alpha value is -2.21. The maximum atomic E-state index is 12.0. The Labute approximate surface area is 114 Å². The molecule has 2 rings (SSSR count). The van der Waals surface area contributed by atoms with Gasteiger partial charge in [-0.3, -0.25) is 14.9 Å². The van der Waals surface area contributed by atoms with Crippen molar-refractivity contribution >= 4 is 22.9 Å². The first kappa shape index (κ1) is 13.2. The summed E-state index contributed by atoms with van der Waals surface area (Å²) in [5.41, 5.74) is 0.203. The smallest absolute Gasteiger partial charge is 0.270 e. The summed E-state index contributed by atoms with van der Waals surface area (Å²) in [6.07, 6.45) is 0. The number of rotatable bonds is 4. The highest BCUT2D eigenvalue weighted by Gasteiger charge is 2.14. The third-order valence-corrected chi connectivity index (χ3v) is 3.69. The minimum absolute atomic E-state index is 0.0866. The molecule has 98 valence electrons. The second-order valence-electron chi connectivity index (χ2n) is 4.02. The van der Waals surface area contributed by atoms with Gasteiger partial charge in [-0.2, -0.15) is 0 Å². The van der Waals surface area contributed by atoms with Crippen LogP contribution in [0.15, 0.2) is 41.8 Å². The Bertz CT molecular complexity index is 596. The number of non-ortho nitro benzene ring substituents is 1. The van der Waals surface area contributed by atoms with Gasteiger partial charge in [0.15, 0.2) is 0 Å². The largest absolute Gasteiger partial charge is 0.345 e. The van der Waals surface area contributed by atoms with Gasteiger partial charge in [-0.25, -0.2) is 0 Å². The van der Waals surface area contributed by atoms with Crippen molar-refractivity contribution in [2.24, 2.45) is 0 Å². The monoisotopic (exact) mass is 276 g/mol. The molecule has 0 unspecified atom stereocenters. The first-order chi connectivity index (χ1) is 9.08. The number of carbonyl (C=O) groups is 1. The van der Waals surface area contributed by atoms with Gasteiger partial charge in [0.25, 0.3) is 11.6 Å². The fourth-order valence-electron chi connectivity index (χ4n) is 1.65. The molecule has 0 aliphatic heterocycles.